The highest BCUT2D eigenvalue weighted by Gasteiger charge is 2.19. The van der Waals surface area contributed by atoms with Gasteiger partial charge in [0.15, 0.2) is 6.10 Å². The van der Waals surface area contributed by atoms with Crippen LogP contribution in [0, 0.1) is 0 Å². The van der Waals surface area contributed by atoms with Crippen molar-refractivity contribution in [3.8, 4) is 0 Å². The van der Waals surface area contributed by atoms with Crippen molar-refractivity contribution in [3.63, 3.8) is 0 Å². The van der Waals surface area contributed by atoms with Crippen molar-refractivity contribution in [2.45, 2.75) is 329 Å². The summed E-state index contributed by atoms with van der Waals surface area (Å²) in [6.45, 7) is 6.53. The second-order valence-corrected chi connectivity index (χ2v) is 22.0. The molecule has 0 aliphatic carbocycles. The number of hydrogen-bond acceptors (Lipinski definition) is 6. The highest BCUT2D eigenvalue weighted by molar-refractivity contribution is 5.71. The van der Waals surface area contributed by atoms with Crippen LogP contribution in [0.5, 0.6) is 0 Å². The van der Waals surface area contributed by atoms with Crippen molar-refractivity contribution in [2.24, 2.45) is 0 Å². The minimum absolute atomic E-state index is 0.0750. The van der Waals surface area contributed by atoms with Gasteiger partial charge in [-0.15, -0.1) is 0 Å². The Bertz CT molecular complexity index is 1530. The summed E-state index contributed by atoms with van der Waals surface area (Å²) in [5.41, 5.74) is 0. The Morgan fingerprint density at radius 3 is 0.782 bits per heavy atom. The zero-order chi connectivity index (χ0) is 56.4. The second kappa shape index (κ2) is 65.8. The standard InChI is InChI=1S/C72H124O6/c1-4-7-10-13-16-19-21-23-25-27-29-30-31-32-33-34-35-36-37-38-39-40-41-42-43-45-46-48-50-53-56-59-62-65-71(74)77-68-69(67-76-70(73)64-61-58-55-52-18-15-12-9-6-3)78-72(75)66-63-60-57-54-51-49-47-44-28-26-24-22-20-17-14-11-8-5-2/h7,10,16,19,23,25,29-30,32-33,35-36,38-39,41-42,69H,4-6,8-9,11-15,17-18,20-22,24,26-28,31,34,37,40,43-68H2,1-3H3/b10-7-,19-16-,25-23-,30-29-,33-32-,36-35-,39-38-,42-41-. The Morgan fingerprint density at radius 2 is 0.500 bits per heavy atom. The molecule has 0 N–H and O–H groups in total. The van der Waals surface area contributed by atoms with E-state index in [0.29, 0.717) is 19.3 Å². The molecule has 1 atom stereocenters. The van der Waals surface area contributed by atoms with Gasteiger partial charge in [0.05, 0.1) is 0 Å². The van der Waals surface area contributed by atoms with Crippen LogP contribution in [-0.2, 0) is 28.6 Å². The molecule has 0 heterocycles. The summed E-state index contributed by atoms with van der Waals surface area (Å²) in [5.74, 6) is -0.873. The number of carbonyl (C=O) groups excluding carboxylic acids is 3. The normalized spacial score (nSPS) is 12.7. The Balaban J connectivity index is 4.18. The molecule has 6 nitrogen and oxygen atoms in total. The highest BCUT2D eigenvalue weighted by atomic mass is 16.6. The first-order valence-electron chi connectivity index (χ1n) is 33.2. The van der Waals surface area contributed by atoms with Crippen LogP contribution < -0.4 is 0 Å². The van der Waals surface area contributed by atoms with Gasteiger partial charge in [-0.25, -0.2) is 0 Å². The van der Waals surface area contributed by atoms with Crippen LogP contribution in [0.15, 0.2) is 97.2 Å². The summed E-state index contributed by atoms with van der Waals surface area (Å²) >= 11 is 0. The average Bonchev–Trinajstić information content (AvgIpc) is 3.44. The van der Waals surface area contributed by atoms with Gasteiger partial charge in [0.25, 0.3) is 0 Å². The average molecular weight is 1090 g/mol. The fraction of sp³-hybridized carbons (Fsp3) is 0.736. The van der Waals surface area contributed by atoms with E-state index in [1.165, 1.54) is 167 Å². The fourth-order valence-electron chi connectivity index (χ4n) is 9.40. The number of unbranched alkanes of at least 4 members (excludes halogenated alkanes) is 33. The van der Waals surface area contributed by atoms with Crippen molar-refractivity contribution in [1.29, 1.82) is 0 Å². The molecular formula is C72H124O6. The van der Waals surface area contributed by atoms with E-state index in [1.807, 2.05) is 0 Å². The third-order valence-electron chi connectivity index (χ3n) is 14.4. The molecule has 448 valence electrons. The van der Waals surface area contributed by atoms with Gasteiger partial charge in [0, 0.05) is 19.3 Å². The number of hydrogen-bond donors (Lipinski definition) is 0. The largest absolute Gasteiger partial charge is 0.462 e. The molecular weight excluding hydrogens is 961 g/mol. The molecule has 1 unspecified atom stereocenters. The lowest BCUT2D eigenvalue weighted by molar-refractivity contribution is -0.167. The van der Waals surface area contributed by atoms with Crippen LogP contribution in [0.1, 0.15) is 323 Å². The molecule has 0 fully saturated rings. The van der Waals surface area contributed by atoms with Gasteiger partial charge >= 0.3 is 17.9 Å². The monoisotopic (exact) mass is 1080 g/mol. The highest BCUT2D eigenvalue weighted by Crippen LogP contribution is 2.17. The van der Waals surface area contributed by atoms with E-state index in [-0.39, 0.29) is 31.1 Å². The minimum Gasteiger partial charge on any atom is -0.462 e. The van der Waals surface area contributed by atoms with E-state index >= 15 is 0 Å². The molecule has 0 rings (SSSR count). The number of esters is 3. The summed E-state index contributed by atoms with van der Waals surface area (Å²) in [7, 11) is 0. The molecule has 0 saturated heterocycles. The van der Waals surface area contributed by atoms with Crippen molar-refractivity contribution >= 4 is 17.9 Å². The van der Waals surface area contributed by atoms with Crippen LogP contribution >= 0.6 is 0 Å². The van der Waals surface area contributed by atoms with E-state index in [4.69, 9.17) is 14.2 Å². The van der Waals surface area contributed by atoms with E-state index < -0.39 is 6.10 Å². The number of rotatable bonds is 60. The van der Waals surface area contributed by atoms with E-state index in [1.54, 1.807) is 0 Å². The molecule has 0 spiro atoms. The molecule has 0 aromatic carbocycles. The van der Waals surface area contributed by atoms with Crippen LogP contribution in [0.3, 0.4) is 0 Å². The van der Waals surface area contributed by atoms with Crippen LogP contribution in [0.25, 0.3) is 0 Å². The molecule has 0 aromatic rings. The Morgan fingerprint density at radius 1 is 0.269 bits per heavy atom. The van der Waals surface area contributed by atoms with Crippen molar-refractivity contribution in [2.75, 3.05) is 13.2 Å². The van der Waals surface area contributed by atoms with Gasteiger partial charge in [-0.3, -0.25) is 14.4 Å². The number of ether oxygens (including phenoxy) is 3. The van der Waals surface area contributed by atoms with Gasteiger partial charge < -0.3 is 14.2 Å². The predicted molar refractivity (Wildman–Crippen MR) is 339 cm³/mol. The number of allylic oxidation sites excluding steroid dienone is 16. The molecule has 0 saturated carbocycles. The van der Waals surface area contributed by atoms with E-state index in [2.05, 4.69) is 118 Å². The summed E-state index contributed by atoms with van der Waals surface area (Å²) in [6, 6.07) is 0. The SMILES string of the molecule is CC/C=C\C/C=C\C/C=C\C/C=C\C/C=C\C/C=C\C/C=C\C/C=C\CCCCCCCCCCC(=O)OCC(COC(=O)CCCCCCCCCCC)OC(=O)CCCCCCCCCCCCCCCCCCCC. The third kappa shape index (κ3) is 63.2. The van der Waals surface area contributed by atoms with Crippen LogP contribution in [0.4, 0.5) is 0 Å². The minimum atomic E-state index is -0.777. The fourth-order valence-corrected chi connectivity index (χ4v) is 9.40. The molecule has 0 aliphatic heterocycles. The molecule has 0 bridgehead atoms. The molecule has 0 radical (unpaired) electrons. The zero-order valence-corrected chi connectivity index (χ0v) is 51.4. The van der Waals surface area contributed by atoms with Crippen molar-refractivity contribution < 1.29 is 28.6 Å². The molecule has 0 amide bonds. The van der Waals surface area contributed by atoms with Crippen LogP contribution in [-0.4, -0.2) is 37.2 Å². The van der Waals surface area contributed by atoms with Gasteiger partial charge in [-0.05, 0) is 83.5 Å². The first-order valence-corrected chi connectivity index (χ1v) is 33.2. The second-order valence-electron chi connectivity index (χ2n) is 22.0. The van der Waals surface area contributed by atoms with Gasteiger partial charge in [0.2, 0.25) is 0 Å². The Labute approximate surface area is 483 Å². The summed E-state index contributed by atoms with van der Waals surface area (Å²) in [4.78, 5) is 38.2. The lowest BCUT2D eigenvalue weighted by atomic mass is 10.0. The molecule has 0 aromatic heterocycles. The Hall–Kier alpha value is -3.67. The molecule has 0 aliphatic rings. The van der Waals surface area contributed by atoms with Crippen LogP contribution in [0.2, 0.25) is 0 Å². The quantitative estimate of drug-likeness (QED) is 0.0261. The Kier molecular flexibility index (Phi) is 62.7. The van der Waals surface area contributed by atoms with Crippen molar-refractivity contribution in [1.82, 2.24) is 0 Å². The smallest absolute Gasteiger partial charge is 0.306 e. The third-order valence-corrected chi connectivity index (χ3v) is 14.4. The predicted octanol–water partition coefficient (Wildman–Crippen LogP) is 22.8. The first-order chi connectivity index (χ1) is 38.5. The maximum absolute atomic E-state index is 12.9. The summed E-state index contributed by atoms with van der Waals surface area (Å²) in [6.07, 6.45) is 88.6. The van der Waals surface area contributed by atoms with Crippen molar-refractivity contribution in [3.05, 3.63) is 97.2 Å². The van der Waals surface area contributed by atoms with Gasteiger partial charge in [-0.1, -0.05) is 317 Å². The summed E-state index contributed by atoms with van der Waals surface area (Å²) < 4.78 is 16.9. The van der Waals surface area contributed by atoms with Gasteiger partial charge in [-0.2, -0.15) is 0 Å². The maximum Gasteiger partial charge on any atom is 0.306 e. The topological polar surface area (TPSA) is 78.9 Å². The summed E-state index contributed by atoms with van der Waals surface area (Å²) in [5, 5.41) is 0. The zero-order valence-electron chi connectivity index (χ0n) is 51.4. The van der Waals surface area contributed by atoms with Gasteiger partial charge in [0.1, 0.15) is 13.2 Å². The first kappa shape index (κ1) is 74.3. The lowest BCUT2D eigenvalue weighted by Gasteiger charge is -2.18. The molecule has 6 heteroatoms. The van der Waals surface area contributed by atoms with E-state index in [0.717, 1.165) is 116 Å². The maximum atomic E-state index is 12.9. The van der Waals surface area contributed by atoms with E-state index in [9.17, 15) is 14.4 Å². The lowest BCUT2D eigenvalue weighted by Crippen LogP contribution is -2.30. The molecule has 78 heavy (non-hydrogen) atoms. The number of carbonyl (C=O) groups is 3.